The van der Waals surface area contributed by atoms with Crippen molar-refractivity contribution < 1.29 is 9.59 Å². The highest BCUT2D eigenvalue weighted by Gasteiger charge is 2.30. The molecule has 3 aliphatic rings. The van der Waals surface area contributed by atoms with Gasteiger partial charge in [-0.2, -0.15) is 0 Å². The average molecular weight is 362 g/mol. The third-order valence-corrected chi connectivity index (χ3v) is 6.14. The molecule has 1 atom stereocenters. The summed E-state index contributed by atoms with van der Waals surface area (Å²) in [5.74, 6) is 3.02. The Morgan fingerprint density at radius 1 is 1.04 bits per heavy atom. The molecule has 0 aromatic heterocycles. The van der Waals surface area contributed by atoms with Crippen LogP contribution >= 0.6 is 24.2 Å². The van der Waals surface area contributed by atoms with Gasteiger partial charge in [0, 0.05) is 44.2 Å². The van der Waals surface area contributed by atoms with Crippen molar-refractivity contribution in [2.45, 2.75) is 44.6 Å². The maximum atomic E-state index is 12.3. The number of nitrogens with one attached hydrogen (secondary N) is 1. The van der Waals surface area contributed by atoms with Crippen LogP contribution in [0.1, 0.15) is 38.5 Å². The van der Waals surface area contributed by atoms with Crippen LogP contribution in [0.3, 0.4) is 0 Å². The number of carbonyl (C=O) groups is 2. The molecule has 2 heterocycles. The van der Waals surface area contributed by atoms with Gasteiger partial charge in [-0.1, -0.05) is 25.7 Å². The van der Waals surface area contributed by atoms with E-state index in [9.17, 15) is 9.59 Å². The molecule has 23 heavy (non-hydrogen) atoms. The molecule has 3 fully saturated rings. The third kappa shape index (κ3) is 5.00. The number of carbonyl (C=O) groups excluding carboxylic acids is 2. The van der Waals surface area contributed by atoms with Gasteiger partial charge in [-0.05, 0) is 12.3 Å². The number of hydrogen-bond donors (Lipinski definition) is 1. The Hall–Kier alpha value is -0.460. The van der Waals surface area contributed by atoms with Crippen LogP contribution in [0.5, 0.6) is 0 Å². The molecule has 1 saturated carbocycles. The van der Waals surface area contributed by atoms with Crippen molar-refractivity contribution in [3.8, 4) is 0 Å². The van der Waals surface area contributed by atoms with Crippen molar-refractivity contribution >= 4 is 36.0 Å². The van der Waals surface area contributed by atoms with Gasteiger partial charge in [0.2, 0.25) is 11.8 Å². The second-order valence-electron chi connectivity index (χ2n) is 6.67. The summed E-state index contributed by atoms with van der Waals surface area (Å²) in [5.41, 5.74) is 0. The maximum Gasteiger partial charge on any atom is 0.240 e. The van der Waals surface area contributed by atoms with Crippen molar-refractivity contribution in [3.05, 3.63) is 0 Å². The molecule has 0 spiro atoms. The number of amides is 2. The van der Waals surface area contributed by atoms with Crippen LogP contribution in [0.2, 0.25) is 0 Å². The zero-order chi connectivity index (χ0) is 15.4. The molecule has 2 aliphatic heterocycles. The van der Waals surface area contributed by atoms with E-state index in [-0.39, 0.29) is 30.3 Å². The Kier molecular flexibility index (Phi) is 7.50. The minimum Gasteiger partial charge on any atom is -0.339 e. The lowest BCUT2D eigenvalue weighted by atomic mass is 10.0. The van der Waals surface area contributed by atoms with Crippen molar-refractivity contribution in [3.63, 3.8) is 0 Å². The average Bonchev–Trinajstić information content (AvgIpc) is 3.25. The van der Waals surface area contributed by atoms with Gasteiger partial charge in [0.05, 0.1) is 6.04 Å². The molecular weight excluding hydrogens is 334 g/mol. The third-order valence-electron chi connectivity index (χ3n) is 5.20. The van der Waals surface area contributed by atoms with Gasteiger partial charge in [0.25, 0.3) is 0 Å². The van der Waals surface area contributed by atoms with Gasteiger partial charge < -0.3 is 9.80 Å². The van der Waals surface area contributed by atoms with Crippen LogP contribution in [-0.4, -0.2) is 65.5 Å². The number of piperazine rings is 1. The molecular formula is C16H28ClN3O2S. The first kappa shape index (κ1) is 18.9. The number of nitrogens with zero attached hydrogens (tertiary/aromatic N) is 2. The van der Waals surface area contributed by atoms with Gasteiger partial charge in [0.1, 0.15) is 0 Å². The fraction of sp³-hybridized carbons (Fsp3) is 0.875. The van der Waals surface area contributed by atoms with Crippen LogP contribution in [0, 0.1) is 5.92 Å². The van der Waals surface area contributed by atoms with Gasteiger partial charge in [-0.25, -0.2) is 0 Å². The molecule has 0 aromatic carbocycles. The second kappa shape index (κ2) is 9.14. The molecule has 1 aliphatic carbocycles. The molecule has 7 heteroatoms. The first-order valence-electron chi connectivity index (χ1n) is 8.62. The fourth-order valence-corrected chi connectivity index (χ4v) is 4.67. The number of hydrogen-bond acceptors (Lipinski definition) is 4. The van der Waals surface area contributed by atoms with Gasteiger partial charge in [-0.3, -0.25) is 14.9 Å². The van der Waals surface area contributed by atoms with Gasteiger partial charge >= 0.3 is 0 Å². The number of thioether (sulfide) groups is 1. The van der Waals surface area contributed by atoms with Crippen LogP contribution < -0.4 is 5.32 Å². The predicted molar refractivity (Wildman–Crippen MR) is 95.8 cm³/mol. The Balaban J connectivity index is 0.00000192. The van der Waals surface area contributed by atoms with E-state index in [1.165, 1.54) is 25.7 Å². The monoisotopic (exact) mass is 361 g/mol. The zero-order valence-corrected chi connectivity index (χ0v) is 15.3. The van der Waals surface area contributed by atoms with E-state index in [1.54, 1.807) is 11.8 Å². The van der Waals surface area contributed by atoms with Crippen molar-refractivity contribution in [1.29, 1.82) is 0 Å². The molecule has 2 saturated heterocycles. The molecule has 1 N–H and O–H groups in total. The summed E-state index contributed by atoms with van der Waals surface area (Å²) in [6, 6.07) is -0.0189. The van der Waals surface area contributed by atoms with E-state index >= 15 is 0 Å². The van der Waals surface area contributed by atoms with E-state index in [4.69, 9.17) is 0 Å². The Morgan fingerprint density at radius 3 is 2.30 bits per heavy atom. The summed E-state index contributed by atoms with van der Waals surface area (Å²) in [7, 11) is 0. The minimum absolute atomic E-state index is 0. The van der Waals surface area contributed by atoms with E-state index in [0.29, 0.717) is 32.6 Å². The lowest BCUT2D eigenvalue weighted by molar-refractivity contribution is -0.140. The van der Waals surface area contributed by atoms with Crippen molar-refractivity contribution in [2.24, 2.45) is 5.92 Å². The first-order chi connectivity index (χ1) is 10.7. The lowest BCUT2D eigenvalue weighted by Crippen LogP contribution is -2.54. The quantitative estimate of drug-likeness (QED) is 0.828. The summed E-state index contributed by atoms with van der Waals surface area (Å²) in [6.45, 7) is 2.79. The second-order valence-corrected chi connectivity index (χ2v) is 7.70. The predicted octanol–water partition coefficient (Wildman–Crippen LogP) is 1.71. The molecule has 1 unspecified atom stereocenters. The van der Waals surface area contributed by atoms with Crippen LogP contribution in [0.15, 0.2) is 0 Å². The highest BCUT2D eigenvalue weighted by molar-refractivity contribution is 7.99. The summed E-state index contributed by atoms with van der Waals surface area (Å²) < 4.78 is 0. The van der Waals surface area contributed by atoms with E-state index < -0.39 is 0 Å². The SMILES string of the molecule is Cl.O=C(CCC1CCCC1)N1CCN(C(=O)C2CSCN2)CC1. The number of rotatable bonds is 4. The van der Waals surface area contributed by atoms with Crippen molar-refractivity contribution in [1.82, 2.24) is 15.1 Å². The minimum atomic E-state index is -0.0189. The Bertz CT molecular complexity index is 404. The van der Waals surface area contributed by atoms with Crippen molar-refractivity contribution in [2.75, 3.05) is 37.8 Å². The molecule has 132 valence electrons. The Morgan fingerprint density at radius 2 is 1.70 bits per heavy atom. The molecule has 5 nitrogen and oxygen atoms in total. The van der Waals surface area contributed by atoms with Gasteiger partial charge in [-0.15, -0.1) is 24.2 Å². The highest BCUT2D eigenvalue weighted by Crippen LogP contribution is 2.28. The topological polar surface area (TPSA) is 52.7 Å². The van der Waals surface area contributed by atoms with E-state index in [2.05, 4.69) is 5.32 Å². The maximum absolute atomic E-state index is 12.3. The molecule has 0 bridgehead atoms. The fourth-order valence-electron chi connectivity index (χ4n) is 3.74. The highest BCUT2D eigenvalue weighted by atomic mass is 35.5. The largest absolute Gasteiger partial charge is 0.339 e. The first-order valence-corrected chi connectivity index (χ1v) is 9.77. The normalized spacial score (nSPS) is 25.5. The summed E-state index contributed by atoms with van der Waals surface area (Å²) >= 11 is 1.78. The molecule has 3 rings (SSSR count). The van der Waals surface area contributed by atoms with Crippen LogP contribution in [0.4, 0.5) is 0 Å². The zero-order valence-electron chi connectivity index (χ0n) is 13.7. The molecule has 0 radical (unpaired) electrons. The van der Waals surface area contributed by atoms with E-state index in [1.807, 2.05) is 9.80 Å². The summed E-state index contributed by atoms with van der Waals surface area (Å²) in [6.07, 6.45) is 7.05. The van der Waals surface area contributed by atoms with Crippen LogP contribution in [0.25, 0.3) is 0 Å². The van der Waals surface area contributed by atoms with Gasteiger partial charge in [0.15, 0.2) is 0 Å². The van der Waals surface area contributed by atoms with E-state index in [0.717, 1.165) is 24.0 Å². The Labute approximate surface area is 149 Å². The summed E-state index contributed by atoms with van der Waals surface area (Å²) in [4.78, 5) is 28.5. The molecule has 0 aromatic rings. The summed E-state index contributed by atoms with van der Waals surface area (Å²) in [5, 5.41) is 3.23. The lowest BCUT2D eigenvalue weighted by Gasteiger charge is -2.36. The number of halogens is 1. The smallest absolute Gasteiger partial charge is 0.240 e. The molecule has 2 amide bonds. The standard InChI is InChI=1S/C16H27N3O2S.ClH/c20-15(6-5-13-3-1-2-4-13)18-7-9-19(10-8-18)16(21)14-11-22-12-17-14;/h13-14,17H,1-12H2;1H. The van der Waals surface area contributed by atoms with Crippen LogP contribution in [-0.2, 0) is 9.59 Å².